The highest BCUT2D eigenvalue weighted by atomic mass is 16.7. The van der Waals surface area contributed by atoms with E-state index in [0.717, 1.165) is 0 Å². The SMILES string of the molecule is CC[C@H]1OC(=O)[C@H](C)[C@@H](O[C@@H]2CC(C)[C@H](O)[C@@](C)(OC)C2)[C@H](C)[C@@H](O[C@@H]2OC(C)C[C@H](N(C)C)C2O)[C@](C)(O)C[C@@H](C)/C(=N\OCOCCOC)[C@H](C)[C@@H](O)[C@]1(C)O. The quantitative estimate of drug-likeness (QED) is 0.0783. The van der Waals surface area contributed by atoms with Crippen molar-refractivity contribution in [2.75, 3.05) is 48.3 Å². The molecule has 58 heavy (non-hydrogen) atoms. The molecule has 2 saturated heterocycles. The summed E-state index contributed by atoms with van der Waals surface area (Å²) in [4.78, 5) is 21.9. The van der Waals surface area contributed by atoms with Crippen LogP contribution in [0.1, 0.15) is 101 Å². The van der Waals surface area contributed by atoms with Crippen LogP contribution in [-0.2, 0) is 42.8 Å². The molecule has 16 heteroatoms. The van der Waals surface area contributed by atoms with Gasteiger partial charge in [0.15, 0.2) is 6.29 Å². The highest BCUT2D eigenvalue weighted by Crippen LogP contribution is 2.42. The van der Waals surface area contributed by atoms with Crippen molar-refractivity contribution in [3.63, 3.8) is 0 Å². The molecule has 0 radical (unpaired) electrons. The Labute approximate surface area is 346 Å². The van der Waals surface area contributed by atoms with E-state index in [1.54, 1.807) is 41.9 Å². The Kier molecular flexibility index (Phi) is 18.8. The first kappa shape index (κ1) is 50.8. The number of likely N-dealkylation sites (N-methyl/N-ethyl adjacent to an activating group) is 1. The van der Waals surface area contributed by atoms with Gasteiger partial charge in [-0.05, 0) is 80.3 Å². The topological polar surface area (TPSA) is 208 Å². The molecule has 18 atom stereocenters. The van der Waals surface area contributed by atoms with Gasteiger partial charge in [0.2, 0.25) is 6.79 Å². The zero-order valence-electron chi connectivity index (χ0n) is 37.6. The van der Waals surface area contributed by atoms with E-state index in [-0.39, 0.29) is 44.3 Å². The molecule has 0 amide bonds. The van der Waals surface area contributed by atoms with Gasteiger partial charge in [-0.15, -0.1) is 0 Å². The third-order valence-corrected chi connectivity index (χ3v) is 13.1. The van der Waals surface area contributed by atoms with Crippen LogP contribution in [-0.4, -0.2) is 168 Å². The summed E-state index contributed by atoms with van der Waals surface area (Å²) in [5, 5.41) is 63.8. The molecule has 1 aliphatic carbocycles. The number of methoxy groups -OCH3 is 2. The molecule has 0 aromatic heterocycles. The van der Waals surface area contributed by atoms with Gasteiger partial charge in [0.05, 0.1) is 72.7 Å². The number of cyclic esters (lactones) is 1. The predicted molar refractivity (Wildman–Crippen MR) is 216 cm³/mol. The molecule has 3 fully saturated rings. The number of carbonyl (C=O) groups is 1. The molecule has 16 nitrogen and oxygen atoms in total. The van der Waals surface area contributed by atoms with Gasteiger partial charge in [-0.2, -0.15) is 0 Å². The first-order valence-electron chi connectivity index (χ1n) is 21.1. The number of esters is 1. The molecule has 340 valence electrons. The summed E-state index contributed by atoms with van der Waals surface area (Å²) >= 11 is 0. The number of oxime groups is 1. The molecular formula is C42H78N2O14. The summed E-state index contributed by atoms with van der Waals surface area (Å²) in [7, 11) is 6.85. The number of nitrogens with zero attached hydrogens (tertiary/aromatic N) is 2. The second-order valence-electron chi connectivity index (χ2n) is 18.3. The fourth-order valence-corrected chi connectivity index (χ4v) is 9.49. The van der Waals surface area contributed by atoms with E-state index in [4.69, 9.17) is 38.0 Å². The Morgan fingerprint density at radius 3 is 2.14 bits per heavy atom. The van der Waals surface area contributed by atoms with Crippen molar-refractivity contribution in [3.8, 4) is 0 Å². The lowest BCUT2D eigenvalue weighted by molar-refractivity contribution is -0.301. The molecule has 3 rings (SSSR count). The summed E-state index contributed by atoms with van der Waals surface area (Å²) in [5.41, 5.74) is -4.28. The second-order valence-corrected chi connectivity index (χ2v) is 18.3. The highest BCUT2D eigenvalue weighted by molar-refractivity contribution is 5.88. The van der Waals surface area contributed by atoms with E-state index in [0.29, 0.717) is 31.6 Å². The van der Waals surface area contributed by atoms with Gasteiger partial charge in [-0.25, -0.2) is 0 Å². The number of aliphatic hydroxyl groups excluding tert-OH is 3. The number of hydrogen-bond donors (Lipinski definition) is 5. The maximum absolute atomic E-state index is 14.4. The number of aliphatic hydroxyl groups is 5. The lowest BCUT2D eigenvalue weighted by Gasteiger charge is -2.49. The van der Waals surface area contributed by atoms with Crippen LogP contribution in [0.15, 0.2) is 5.16 Å². The van der Waals surface area contributed by atoms with Crippen molar-refractivity contribution in [1.82, 2.24) is 4.90 Å². The molecule has 5 N–H and O–H groups in total. The zero-order chi connectivity index (χ0) is 43.9. The first-order valence-corrected chi connectivity index (χ1v) is 21.1. The lowest BCUT2D eigenvalue weighted by atomic mass is 9.73. The van der Waals surface area contributed by atoms with Gasteiger partial charge in [0.1, 0.15) is 17.8 Å². The fourth-order valence-electron chi connectivity index (χ4n) is 9.49. The van der Waals surface area contributed by atoms with Crippen LogP contribution in [0.25, 0.3) is 0 Å². The Bertz CT molecular complexity index is 1300. The van der Waals surface area contributed by atoms with Gasteiger partial charge in [0.25, 0.3) is 0 Å². The Hall–Kier alpha value is -1.54. The van der Waals surface area contributed by atoms with Crippen molar-refractivity contribution < 1.29 is 68.3 Å². The summed E-state index contributed by atoms with van der Waals surface area (Å²) < 4.78 is 42.4. The first-order chi connectivity index (χ1) is 27.0. The van der Waals surface area contributed by atoms with Crippen molar-refractivity contribution >= 4 is 11.7 Å². The number of ether oxygens (including phenoxy) is 7. The Morgan fingerprint density at radius 1 is 0.897 bits per heavy atom. The Morgan fingerprint density at radius 2 is 1.55 bits per heavy atom. The van der Waals surface area contributed by atoms with E-state index >= 15 is 0 Å². The molecule has 2 heterocycles. The minimum absolute atomic E-state index is 0.000563. The normalized spacial score (nSPS) is 45.8. The molecule has 0 spiro atoms. The van der Waals surface area contributed by atoms with E-state index in [9.17, 15) is 30.3 Å². The smallest absolute Gasteiger partial charge is 0.311 e. The largest absolute Gasteiger partial charge is 0.459 e. The molecule has 0 aromatic rings. The minimum Gasteiger partial charge on any atom is -0.459 e. The van der Waals surface area contributed by atoms with Crippen molar-refractivity contribution in [1.29, 1.82) is 0 Å². The maximum atomic E-state index is 14.4. The van der Waals surface area contributed by atoms with E-state index in [2.05, 4.69) is 5.16 Å². The number of rotatable bonds is 13. The lowest BCUT2D eigenvalue weighted by Crippen LogP contribution is -2.60. The van der Waals surface area contributed by atoms with E-state index in [1.165, 1.54) is 6.92 Å². The molecular weight excluding hydrogens is 756 g/mol. The maximum Gasteiger partial charge on any atom is 0.311 e. The number of carbonyl (C=O) groups excluding carboxylic acids is 1. The van der Waals surface area contributed by atoms with Crippen LogP contribution >= 0.6 is 0 Å². The predicted octanol–water partition coefficient (Wildman–Crippen LogP) is 2.87. The molecule has 2 aliphatic heterocycles. The monoisotopic (exact) mass is 835 g/mol. The third-order valence-electron chi connectivity index (χ3n) is 13.1. The molecule has 3 aliphatic rings. The van der Waals surface area contributed by atoms with Crippen molar-refractivity contribution in [3.05, 3.63) is 0 Å². The van der Waals surface area contributed by atoms with Gasteiger partial charge in [0, 0.05) is 44.4 Å². The number of hydrogen-bond acceptors (Lipinski definition) is 16. The second kappa shape index (κ2) is 21.5. The van der Waals surface area contributed by atoms with Crippen LogP contribution in [0.2, 0.25) is 0 Å². The van der Waals surface area contributed by atoms with Gasteiger partial charge >= 0.3 is 5.97 Å². The van der Waals surface area contributed by atoms with Gasteiger partial charge in [-0.1, -0.05) is 39.8 Å². The van der Waals surface area contributed by atoms with Gasteiger partial charge < -0.3 is 68.4 Å². The summed E-state index contributed by atoms with van der Waals surface area (Å²) in [6.07, 6.45) is -7.00. The zero-order valence-corrected chi connectivity index (χ0v) is 37.6. The average molecular weight is 835 g/mol. The third kappa shape index (κ3) is 12.1. The standard InChI is InChI=1S/C42H78N2O14/c1-15-31-42(10,50)36(47)26(5)32(43-54-22-53-17-16-51-13)24(3)20-40(8,49)37(58-39-33(45)30(44(11)12)19-25(4)55-39)27(6)34(28(7)38(48)57-31)56-29-18-23(2)35(46)41(9,21-29)52-14/h23-31,33-37,39,45-47,49-50H,15-22H2,1-14H3/b43-32+/t23?,24-,25?,26+,27+,28-,29-,30+,31-,33?,34+,35+,36-,37-,39+,40-,41+,42-/m1/s1. The van der Waals surface area contributed by atoms with Crippen LogP contribution < -0.4 is 0 Å². The van der Waals surface area contributed by atoms with Crippen LogP contribution in [0.4, 0.5) is 0 Å². The van der Waals surface area contributed by atoms with Crippen LogP contribution in [0, 0.1) is 29.6 Å². The minimum atomic E-state index is -1.94. The van der Waals surface area contributed by atoms with Crippen LogP contribution in [0.5, 0.6) is 0 Å². The van der Waals surface area contributed by atoms with E-state index in [1.807, 2.05) is 53.6 Å². The molecule has 0 bridgehead atoms. The fraction of sp³-hybridized carbons (Fsp3) is 0.952. The van der Waals surface area contributed by atoms with Crippen LogP contribution in [0.3, 0.4) is 0 Å². The van der Waals surface area contributed by atoms with E-state index < -0.39 is 95.5 Å². The summed E-state index contributed by atoms with van der Waals surface area (Å²) in [6.45, 7) is 17.9. The highest BCUT2D eigenvalue weighted by Gasteiger charge is 2.53. The van der Waals surface area contributed by atoms with Gasteiger partial charge in [-0.3, -0.25) is 4.79 Å². The molecule has 1 saturated carbocycles. The van der Waals surface area contributed by atoms with Crippen molar-refractivity contribution in [2.45, 2.75) is 179 Å². The average Bonchev–Trinajstić information content (AvgIpc) is 3.15. The molecule has 0 aromatic carbocycles. The van der Waals surface area contributed by atoms with Crippen molar-refractivity contribution in [2.24, 2.45) is 34.7 Å². The summed E-state index contributed by atoms with van der Waals surface area (Å²) in [6, 6.07) is -0.308. The summed E-state index contributed by atoms with van der Waals surface area (Å²) in [5.74, 6) is -4.09. The molecule has 3 unspecified atom stereocenters. The Balaban J connectivity index is 2.22.